The molecule has 1 atom stereocenters. The number of nitrogens with zero attached hydrogens (tertiary/aromatic N) is 2. The molecule has 1 aromatic heterocycles. The minimum atomic E-state index is -4.17. The topological polar surface area (TPSA) is 185 Å². The van der Waals surface area contributed by atoms with Gasteiger partial charge in [0.15, 0.2) is 0 Å². The van der Waals surface area contributed by atoms with Crippen LogP contribution in [0.1, 0.15) is 18.2 Å². The second-order valence-corrected chi connectivity index (χ2v) is 7.86. The van der Waals surface area contributed by atoms with Gasteiger partial charge in [-0.2, -0.15) is 0 Å². The summed E-state index contributed by atoms with van der Waals surface area (Å²) in [5.74, 6) is -1.78. The number of benzene rings is 1. The van der Waals surface area contributed by atoms with E-state index in [0.717, 1.165) is 28.8 Å². The van der Waals surface area contributed by atoms with Crippen LogP contribution in [0.25, 0.3) is 0 Å². The predicted molar refractivity (Wildman–Crippen MR) is 107 cm³/mol. The predicted octanol–water partition coefficient (Wildman–Crippen LogP) is -0.282. The molecule has 1 unspecified atom stereocenters. The van der Waals surface area contributed by atoms with E-state index in [2.05, 4.69) is 9.88 Å². The summed E-state index contributed by atoms with van der Waals surface area (Å²) in [6, 6.07) is 5.60. The van der Waals surface area contributed by atoms with E-state index in [4.69, 9.17) is 22.0 Å². The first kappa shape index (κ1) is 22.7. The van der Waals surface area contributed by atoms with Crippen LogP contribution in [0.3, 0.4) is 0 Å². The van der Waals surface area contributed by atoms with Gasteiger partial charge in [-0.25, -0.2) is 12.8 Å². The number of sulfonamides is 1. The highest BCUT2D eigenvalue weighted by atomic mass is 32.2. The van der Waals surface area contributed by atoms with Crippen LogP contribution in [0.5, 0.6) is 0 Å². The van der Waals surface area contributed by atoms with Crippen molar-refractivity contribution in [3.63, 3.8) is 0 Å². The molecule has 0 saturated carbocycles. The van der Waals surface area contributed by atoms with Crippen molar-refractivity contribution in [2.24, 2.45) is 22.4 Å². The van der Waals surface area contributed by atoms with Crippen LogP contribution in [0.2, 0.25) is 0 Å². The SMILES string of the molecule is Cc1ccc(NS(=O)(=O)c2ccc(F)cc2)c(=O)n1C(CCON=C(N)N)C(N)=O. The van der Waals surface area contributed by atoms with E-state index in [9.17, 15) is 22.4 Å². The number of hydrogen-bond donors (Lipinski definition) is 4. The van der Waals surface area contributed by atoms with Crippen LogP contribution in [-0.4, -0.2) is 31.5 Å². The Labute approximate surface area is 171 Å². The number of guanidine groups is 1. The quantitative estimate of drug-likeness (QED) is 0.179. The van der Waals surface area contributed by atoms with Gasteiger partial charge < -0.3 is 22.0 Å². The van der Waals surface area contributed by atoms with Gasteiger partial charge in [0.05, 0.1) is 4.90 Å². The minimum Gasteiger partial charge on any atom is -0.393 e. The molecule has 30 heavy (non-hydrogen) atoms. The number of aryl methyl sites for hydroxylation is 1. The number of nitrogens with two attached hydrogens (primary N) is 3. The number of carbonyl (C=O) groups excluding carboxylic acids is 1. The number of pyridine rings is 1. The zero-order valence-electron chi connectivity index (χ0n) is 15.9. The first-order valence-electron chi connectivity index (χ1n) is 8.53. The number of primary amides is 1. The Kier molecular flexibility index (Phi) is 7.00. The maximum Gasteiger partial charge on any atom is 0.275 e. The largest absolute Gasteiger partial charge is 0.393 e. The molecule has 0 bridgehead atoms. The average molecular weight is 440 g/mol. The molecule has 2 rings (SSSR count). The van der Waals surface area contributed by atoms with Crippen LogP contribution in [0, 0.1) is 12.7 Å². The summed E-state index contributed by atoms with van der Waals surface area (Å²) in [4.78, 5) is 29.4. The third-order valence-electron chi connectivity index (χ3n) is 3.98. The van der Waals surface area contributed by atoms with E-state index >= 15 is 0 Å². The Balaban J connectivity index is 2.37. The Morgan fingerprint density at radius 1 is 1.20 bits per heavy atom. The maximum absolute atomic E-state index is 13.1. The highest BCUT2D eigenvalue weighted by Crippen LogP contribution is 2.17. The second-order valence-electron chi connectivity index (χ2n) is 6.18. The summed E-state index contributed by atoms with van der Waals surface area (Å²) in [5.41, 5.74) is 14.9. The maximum atomic E-state index is 13.1. The third-order valence-corrected chi connectivity index (χ3v) is 5.36. The van der Waals surface area contributed by atoms with Crippen molar-refractivity contribution < 1.29 is 22.4 Å². The van der Waals surface area contributed by atoms with Gasteiger partial charge in [-0.15, -0.1) is 0 Å². The molecule has 0 radical (unpaired) electrons. The Morgan fingerprint density at radius 3 is 2.40 bits per heavy atom. The first-order chi connectivity index (χ1) is 14.0. The van der Waals surface area contributed by atoms with Crippen molar-refractivity contribution >= 4 is 27.6 Å². The van der Waals surface area contributed by atoms with Crippen molar-refractivity contribution in [1.29, 1.82) is 0 Å². The highest BCUT2D eigenvalue weighted by molar-refractivity contribution is 7.92. The van der Waals surface area contributed by atoms with Crippen LogP contribution in [0.15, 0.2) is 51.2 Å². The summed E-state index contributed by atoms with van der Waals surface area (Å²) < 4.78 is 41.3. The molecule has 1 aromatic carbocycles. The molecular formula is C17H21FN6O5S. The van der Waals surface area contributed by atoms with E-state index in [0.29, 0.717) is 5.69 Å². The molecule has 162 valence electrons. The van der Waals surface area contributed by atoms with Crippen LogP contribution < -0.4 is 27.5 Å². The second kappa shape index (κ2) is 9.26. The Hall–Kier alpha value is -3.61. The number of nitrogens with one attached hydrogen (secondary N) is 1. The third kappa shape index (κ3) is 5.47. The number of amides is 1. The standard InChI is InChI=1S/C17H21FN6O5S/c1-10-2-7-13(23-30(27,28)12-5-3-11(18)4-6-12)16(26)24(10)14(15(19)25)8-9-29-22-17(20)21/h2-7,14,23H,8-9H2,1H3,(H2,19,25)(H4,20,21,22). The van der Waals surface area contributed by atoms with Crippen molar-refractivity contribution in [3.8, 4) is 0 Å². The molecule has 13 heteroatoms. The number of carbonyl (C=O) groups is 1. The van der Waals surface area contributed by atoms with Gasteiger partial charge in [0, 0.05) is 12.1 Å². The summed E-state index contributed by atoms with van der Waals surface area (Å²) >= 11 is 0. The molecule has 0 aliphatic rings. The number of halogens is 1. The number of oxime groups is 1. The van der Waals surface area contributed by atoms with Gasteiger partial charge in [-0.1, -0.05) is 0 Å². The molecule has 0 aliphatic carbocycles. The fraction of sp³-hybridized carbons (Fsp3) is 0.235. The molecule has 7 N–H and O–H groups in total. The number of rotatable bonds is 9. The molecule has 0 fully saturated rings. The minimum absolute atomic E-state index is 0.0545. The number of aromatic nitrogens is 1. The monoisotopic (exact) mass is 440 g/mol. The van der Waals surface area contributed by atoms with Gasteiger partial charge in [0.1, 0.15) is 24.2 Å². The zero-order valence-corrected chi connectivity index (χ0v) is 16.7. The van der Waals surface area contributed by atoms with E-state index in [-0.39, 0.29) is 29.6 Å². The lowest BCUT2D eigenvalue weighted by Gasteiger charge is -2.20. The average Bonchev–Trinajstić information content (AvgIpc) is 2.65. The lowest BCUT2D eigenvalue weighted by atomic mass is 10.1. The number of anilines is 1. The Bertz CT molecular complexity index is 1110. The van der Waals surface area contributed by atoms with E-state index in [1.165, 1.54) is 12.1 Å². The molecule has 0 aliphatic heterocycles. The first-order valence-corrected chi connectivity index (χ1v) is 10.0. The van der Waals surface area contributed by atoms with Crippen molar-refractivity contribution in [1.82, 2.24) is 4.57 Å². The smallest absolute Gasteiger partial charge is 0.275 e. The zero-order chi connectivity index (χ0) is 22.5. The van der Waals surface area contributed by atoms with Crippen LogP contribution in [-0.2, 0) is 19.7 Å². The van der Waals surface area contributed by atoms with Gasteiger partial charge >= 0.3 is 0 Å². The molecule has 11 nitrogen and oxygen atoms in total. The number of hydrogen-bond acceptors (Lipinski definition) is 6. The van der Waals surface area contributed by atoms with Gasteiger partial charge in [-0.3, -0.25) is 18.9 Å². The lowest BCUT2D eigenvalue weighted by molar-refractivity contribution is -0.121. The normalized spacial score (nSPS) is 12.1. The molecular weight excluding hydrogens is 419 g/mol. The van der Waals surface area contributed by atoms with E-state index in [1.54, 1.807) is 6.92 Å². The Morgan fingerprint density at radius 2 is 1.83 bits per heavy atom. The van der Waals surface area contributed by atoms with E-state index in [1.807, 2.05) is 0 Å². The van der Waals surface area contributed by atoms with Crippen LogP contribution in [0.4, 0.5) is 10.1 Å². The molecule has 1 heterocycles. The summed E-state index contributed by atoms with van der Waals surface area (Å²) in [7, 11) is -4.17. The van der Waals surface area contributed by atoms with Gasteiger partial charge in [0.2, 0.25) is 11.9 Å². The van der Waals surface area contributed by atoms with Crippen molar-refractivity contribution in [3.05, 3.63) is 58.3 Å². The summed E-state index contributed by atoms with van der Waals surface area (Å²) in [5, 5.41) is 3.31. The lowest BCUT2D eigenvalue weighted by Crippen LogP contribution is -2.37. The summed E-state index contributed by atoms with van der Waals surface area (Å²) in [6.45, 7) is 1.41. The van der Waals surface area contributed by atoms with Gasteiger partial charge in [0.25, 0.3) is 15.6 Å². The van der Waals surface area contributed by atoms with E-state index < -0.39 is 33.3 Å². The molecule has 0 saturated heterocycles. The van der Waals surface area contributed by atoms with Crippen molar-refractivity contribution in [2.75, 3.05) is 11.3 Å². The fourth-order valence-electron chi connectivity index (χ4n) is 2.61. The molecule has 1 amide bonds. The highest BCUT2D eigenvalue weighted by Gasteiger charge is 2.24. The van der Waals surface area contributed by atoms with Crippen LogP contribution >= 0.6 is 0 Å². The fourth-order valence-corrected chi connectivity index (χ4v) is 3.67. The van der Waals surface area contributed by atoms with Gasteiger partial charge in [-0.05, 0) is 48.5 Å². The summed E-state index contributed by atoms with van der Waals surface area (Å²) in [6.07, 6.45) is -0.0545. The van der Waals surface area contributed by atoms with Crippen molar-refractivity contribution in [2.45, 2.75) is 24.3 Å². The molecule has 2 aromatic rings. The molecule has 0 spiro atoms.